The van der Waals surface area contributed by atoms with Gasteiger partial charge in [0.1, 0.15) is 12.3 Å². The molecule has 7 nitrogen and oxygen atoms in total. The van der Waals surface area contributed by atoms with Gasteiger partial charge in [0.05, 0.1) is 21.2 Å². The fourth-order valence-corrected chi connectivity index (χ4v) is 1.55. The first-order valence-electron chi connectivity index (χ1n) is 7.71. The number of aryl methyl sites for hydroxylation is 1. The first-order valence-corrected chi connectivity index (χ1v) is 5.14. The summed E-state index contributed by atoms with van der Waals surface area (Å²) in [6, 6.07) is 0. The molecule has 2 heterocycles. The molecule has 0 amide bonds. The molecule has 0 aromatic carbocycles. The second-order valence-corrected chi connectivity index (χ2v) is 3.65. The highest BCUT2D eigenvalue weighted by Gasteiger charge is 2.35. The van der Waals surface area contributed by atoms with E-state index in [1.165, 1.54) is 0 Å². The summed E-state index contributed by atoms with van der Waals surface area (Å²) in [4.78, 5) is 15.5. The fourth-order valence-electron chi connectivity index (χ4n) is 1.55. The lowest BCUT2D eigenvalue weighted by molar-refractivity contribution is -0.0460. The van der Waals surface area contributed by atoms with Gasteiger partial charge in [0.25, 0.3) is 0 Å². The Morgan fingerprint density at radius 2 is 2.67 bits per heavy atom. The summed E-state index contributed by atoms with van der Waals surface area (Å²) < 4.78 is 48.7. The van der Waals surface area contributed by atoms with Crippen LogP contribution in [0, 0.1) is 6.85 Å². The van der Waals surface area contributed by atoms with Crippen LogP contribution < -0.4 is 10.4 Å². The van der Waals surface area contributed by atoms with Crippen LogP contribution in [0.25, 0.3) is 0 Å². The number of aliphatic hydroxyl groups excluding tert-OH is 2. The Morgan fingerprint density at radius 1 is 1.89 bits per heavy atom. The summed E-state index contributed by atoms with van der Waals surface area (Å²) in [5.41, 5.74) is -1.52. The van der Waals surface area contributed by atoms with Crippen molar-refractivity contribution in [3.63, 3.8) is 0 Å². The molecule has 1 aliphatic heterocycles. The number of aromatic nitrogens is 2. The zero-order valence-corrected chi connectivity index (χ0v) is 9.53. The van der Waals surface area contributed by atoms with Gasteiger partial charge in [0.2, 0.25) is 5.88 Å². The van der Waals surface area contributed by atoms with Crippen molar-refractivity contribution in [2.24, 2.45) is 0 Å². The molecule has 4 atom stereocenters. The van der Waals surface area contributed by atoms with E-state index in [4.69, 9.17) is 21.4 Å². The molecular formula is C11H16N2O5. The Balaban J connectivity index is 2.62. The summed E-state index contributed by atoms with van der Waals surface area (Å²) in [6.07, 6.45) is -6.05. The molecule has 0 spiro atoms. The zero-order valence-electron chi connectivity index (χ0n) is 14.5. The normalized spacial score (nSPS) is 40.4. The quantitative estimate of drug-likeness (QED) is 0.744. The van der Waals surface area contributed by atoms with E-state index in [1.54, 1.807) is 0 Å². The highest BCUT2D eigenvalue weighted by atomic mass is 16.5. The van der Waals surface area contributed by atoms with Crippen molar-refractivity contribution in [3.05, 3.63) is 22.2 Å². The lowest BCUT2D eigenvalue weighted by atomic mass is 10.2. The molecule has 100 valence electrons. The van der Waals surface area contributed by atoms with Crippen LogP contribution >= 0.6 is 0 Å². The molecule has 18 heavy (non-hydrogen) atoms. The monoisotopic (exact) mass is 266 g/mol. The van der Waals surface area contributed by atoms with Gasteiger partial charge in [-0.05, 0) is 6.85 Å². The van der Waals surface area contributed by atoms with E-state index in [1.807, 2.05) is 0 Å². The van der Waals surface area contributed by atoms with Crippen LogP contribution in [0.4, 0.5) is 0 Å². The summed E-state index contributed by atoms with van der Waals surface area (Å²) in [6.45, 7) is -3.35. The summed E-state index contributed by atoms with van der Waals surface area (Å²) in [5.74, 6) is -0.423. The van der Waals surface area contributed by atoms with Crippen molar-refractivity contribution in [2.75, 3.05) is 13.7 Å². The average molecular weight is 266 g/mol. The Kier molecular flexibility index (Phi) is 2.21. The molecule has 1 aromatic heterocycles. The van der Waals surface area contributed by atoms with Gasteiger partial charge in [-0.15, -0.1) is 0 Å². The smallest absolute Gasteiger partial charge is 0.352 e. The van der Waals surface area contributed by atoms with Crippen molar-refractivity contribution < 1.29 is 26.5 Å². The molecule has 1 aromatic rings. The molecule has 0 unspecified atom stereocenters. The Morgan fingerprint density at radius 3 is 3.22 bits per heavy atom. The third-order valence-corrected chi connectivity index (χ3v) is 2.47. The highest BCUT2D eigenvalue weighted by Crippen LogP contribution is 2.27. The minimum atomic E-state index is -2.69. The van der Waals surface area contributed by atoms with Crippen molar-refractivity contribution in [2.45, 2.75) is 31.7 Å². The van der Waals surface area contributed by atoms with Gasteiger partial charge in [0, 0.05) is 23.6 Å². The summed E-state index contributed by atoms with van der Waals surface area (Å²) >= 11 is 0. The second kappa shape index (κ2) is 5.05. The highest BCUT2D eigenvalue weighted by molar-refractivity contribution is 5.20. The number of ether oxygens (including phenoxy) is 2. The number of hydrogen-bond donors (Lipinski definition) is 2. The van der Waals surface area contributed by atoms with Crippen LogP contribution in [0.3, 0.4) is 0 Å². The zero-order chi connectivity index (χ0) is 17.6. The van der Waals surface area contributed by atoms with Gasteiger partial charge in [-0.3, -0.25) is 4.57 Å². The topological polar surface area (TPSA) is 93.8 Å². The van der Waals surface area contributed by atoms with Gasteiger partial charge in [-0.1, -0.05) is 0 Å². The van der Waals surface area contributed by atoms with E-state index in [2.05, 4.69) is 4.98 Å². The fraction of sp³-hybridized carbons (Fsp3) is 0.636. The van der Waals surface area contributed by atoms with Gasteiger partial charge < -0.3 is 19.7 Å². The van der Waals surface area contributed by atoms with Crippen molar-refractivity contribution in [1.29, 1.82) is 0 Å². The van der Waals surface area contributed by atoms with E-state index in [-0.39, 0.29) is 0 Å². The van der Waals surface area contributed by atoms with Crippen LogP contribution in [0.5, 0.6) is 5.88 Å². The van der Waals surface area contributed by atoms with Gasteiger partial charge in [0.15, 0.2) is 0 Å². The van der Waals surface area contributed by atoms with E-state index >= 15 is 0 Å². The molecule has 0 radical (unpaired) electrons. The minimum Gasteiger partial charge on any atom is -0.481 e. The third-order valence-electron chi connectivity index (χ3n) is 2.47. The number of hydrogen-bond acceptors (Lipinski definition) is 6. The third kappa shape index (κ3) is 2.24. The maximum atomic E-state index is 12.1. The molecule has 1 saturated heterocycles. The van der Waals surface area contributed by atoms with E-state index in [0.29, 0.717) is 4.57 Å². The average Bonchev–Trinajstić information content (AvgIpc) is 2.70. The lowest BCUT2D eigenvalue weighted by Crippen LogP contribution is -2.28. The van der Waals surface area contributed by atoms with Crippen molar-refractivity contribution in [3.8, 4) is 5.88 Å². The van der Waals surface area contributed by atoms with E-state index in [9.17, 15) is 9.90 Å². The first kappa shape index (κ1) is 7.88. The predicted molar refractivity (Wildman–Crippen MR) is 61.4 cm³/mol. The number of methoxy groups -OCH3 is 1. The molecule has 2 rings (SSSR count). The Labute approximate surface area is 111 Å². The molecule has 0 bridgehead atoms. The number of nitrogens with zero attached hydrogens (tertiary/aromatic N) is 2. The Hall–Kier alpha value is -1.44. The van der Waals surface area contributed by atoms with E-state index in [0.717, 1.165) is 13.3 Å². The van der Waals surface area contributed by atoms with Gasteiger partial charge >= 0.3 is 5.69 Å². The largest absolute Gasteiger partial charge is 0.481 e. The molecule has 0 aliphatic carbocycles. The lowest BCUT2D eigenvalue weighted by Gasteiger charge is -2.15. The maximum Gasteiger partial charge on any atom is 0.352 e. The maximum absolute atomic E-state index is 12.1. The second-order valence-electron chi connectivity index (χ2n) is 3.65. The predicted octanol–water partition coefficient (Wildman–Crippen LogP) is -0.799. The SMILES string of the molecule is [3H][C@@H]1[C@H](O)[C@@H](CO)O[C@@]1([3H])n1cc(C([3H])([3H])[3H])c(OC)nc1=O. The molecule has 7 heteroatoms. The van der Waals surface area contributed by atoms with Crippen LogP contribution in [0.2, 0.25) is 0 Å². The summed E-state index contributed by atoms with van der Waals surface area (Å²) in [5, 5.41) is 18.9. The molecule has 1 fully saturated rings. The Bertz CT molecular complexity index is 651. The number of rotatable bonds is 3. The van der Waals surface area contributed by atoms with Crippen molar-refractivity contribution in [1.82, 2.24) is 9.55 Å². The molecular weight excluding hydrogens is 240 g/mol. The van der Waals surface area contributed by atoms with Gasteiger partial charge in [-0.2, -0.15) is 4.98 Å². The van der Waals surface area contributed by atoms with Crippen LogP contribution in [0.1, 0.15) is 25.0 Å². The van der Waals surface area contributed by atoms with Crippen LogP contribution in [-0.2, 0) is 4.74 Å². The molecule has 1 aliphatic rings. The van der Waals surface area contributed by atoms with Gasteiger partial charge in [-0.25, -0.2) is 4.79 Å². The van der Waals surface area contributed by atoms with Crippen LogP contribution in [0.15, 0.2) is 11.0 Å². The first-order chi connectivity index (χ1) is 10.6. The summed E-state index contributed by atoms with van der Waals surface area (Å²) in [7, 11) is 1.14. The van der Waals surface area contributed by atoms with Crippen molar-refractivity contribution >= 4 is 0 Å². The molecule has 2 N–H and O–H groups in total. The minimum absolute atomic E-state index is 0.423. The van der Waals surface area contributed by atoms with Crippen LogP contribution in [-0.4, -0.2) is 45.7 Å². The molecule has 0 saturated carbocycles. The number of aliphatic hydroxyl groups is 2. The van der Waals surface area contributed by atoms with E-state index < -0.39 is 55.4 Å². The standard InChI is InChI=1S/C11H16N2O5/c1-6-4-13(11(16)12-10(6)17-2)9-3-7(15)8(5-14)18-9/h4,7-9,14-15H,3,5H2,1-2H3/t7-,8+,9+/m0/s1/i1T3,3T,9T/t3-,7+,8-,9-/m1.